The lowest BCUT2D eigenvalue weighted by atomic mass is 10.2. The van der Waals surface area contributed by atoms with E-state index in [0.29, 0.717) is 0 Å². The Morgan fingerprint density at radius 3 is 2.24 bits per heavy atom. The minimum Gasteiger partial charge on any atom is -0.224 e. The zero-order valence-corrected chi connectivity index (χ0v) is 14.8. The third kappa shape index (κ3) is 3.97. The molecule has 1 aliphatic rings. The predicted octanol–water partition coefficient (Wildman–Crippen LogP) is 2.33. The topological polar surface area (TPSA) is 71.5 Å². The largest absolute Gasteiger partial charge is 0.243 e. The molecule has 0 unspecified atom stereocenters. The summed E-state index contributed by atoms with van der Waals surface area (Å²) in [6.07, 6.45) is 1.37. The molecule has 0 spiro atoms. The standard InChI is InChI=1S/C17H16FNO4S2/c18-15-6-8-17(9-7-15)25(22,23)19(12-14-4-2-1-3-5-14)16-10-11-24(20,21)13-16/h1-11,16H,12-13H2/t16-/m0/s1. The number of nitrogens with zero attached hydrogens (tertiary/aromatic N) is 1. The van der Waals surface area contributed by atoms with E-state index >= 15 is 0 Å². The molecule has 3 rings (SSSR count). The number of benzene rings is 2. The van der Waals surface area contributed by atoms with Crippen molar-refractivity contribution in [1.29, 1.82) is 0 Å². The summed E-state index contributed by atoms with van der Waals surface area (Å²) in [7, 11) is -7.43. The second-order valence-electron chi connectivity index (χ2n) is 5.72. The van der Waals surface area contributed by atoms with E-state index in [1.54, 1.807) is 24.3 Å². The Balaban J connectivity index is 2.01. The maximum atomic E-state index is 13.1. The molecule has 0 saturated heterocycles. The summed E-state index contributed by atoms with van der Waals surface area (Å²) in [6.45, 7) is 0.0189. The zero-order chi connectivity index (χ0) is 18.1. The summed E-state index contributed by atoms with van der Waals surface area (Å²) in [6, 6.07) is 12.6. The van der Waals surface area contributed by atoms with Crippen molar-refractivity contribution in [2.45, 2.75) is 17.5 Å². The fourth-order valence-electron chi connectivity index (χ4n) is 2.62. The summed E-state index contributed by atoms with van der Waals surface area (Å²) in [5, 5.41) is 1.04. The lowest BCUT2D eigenvalue weighted by Crippen LogP contribution is -2.40. The summed E-state index contributed by atoms with van der Waals surface area (Å²) in [5.74, 6) is -0.850. The summed E-state index contributed by atoms with van der Waals surface area (Å²) in [5.41, 5.74) is 0.728. The molecule has 0 fully saturated rings. The first-order valence-corrected chi connectivity index (χ1v) is 10.7. The first kappa shape index (κ1) is 17.8. The monoisotopic (exact) mass is 381 g/mol. The SMILES string of the molecule is O=S1(=O)C=C[C@H](N(Cc2ccccc2)S(=O)(=O)c2ccc(F)cc2)C1. The van der Waals surface area contributed by atoms with Crippen molar-refractivity contribution in [2.75, 3.05) is 5.75 Å². The normalized spacial score (nSPS) is 19.4. The highest BCUT2D eigenvalue weighted by Gasteiger charge is 2.35. The van der Waals surface area contributed by atoms with Crippen molar-refractivity contribution >= 4 is 19.9 Å². The van der Waals surface area contributed by atoms with Crippen LogP contribution in [-0.2, 0) is 26.4 Å². The first-order chi connectivity index (χ1) is 11.8. The van der Waals surface area contributed by atoms with E-state index in [0.717, 1.165) is 27.4 Å². The number of hydrogen-bond donors (Lipinski definition) is 0. The Kier molecular flexibility index (Phi) is 4.77. The van der Waals surface area contributed by atoms with Crippen LogP contribution >= 0.6 is 0 Å². The highest BCUT2D eigenvalue weighted by molar-refractivity contribution is 7.94. The molecular formula is C17H16FNO4S2. The minimum atomic E-state index is -4.00. The van der Waals surface area contributed by atoms with Gasteiger partial charge in [0.25, 0.3) is 0 Å². The first-order valence-electron chi connectivity index (χ1n) is 7.50. The van der Waals surface area contributed by atoms with Crippen molar-refractivity contribution in [3.8, 4) is 0 Å². The predicted molar refractivity (Wildman–Crippen MR) is 92.3 cm³/mol. The van der Waals surface area contributed by atoms with Crippen LogP contribution in [0.3, 0.4) is 0 Å². The van der Waals surface area contributed by atoms with Crippen LogP contribution < -0.4 is 0 Å². The third-order valence-corrected chi connectivity index (χ3v) is 7.15. The van der Waals surface area contributed by atoms with Gasteiger partial charge in [-0.05, 0) is 29.8 Å². The molecule has 132 valence electrons. The molecule has 0 amide bonds. The molecule has 1 heterocycles. The number of sulfonamides is 1. The Labute approximate surface area is 146 Å². The van der Waals surface area contributed by atoms with Gasteiger partial charge < -0.3 is 0 Å². The molecule has 25 heavy (non-hydrogen) atoms. The molecule has 0 bridgehead atoms. The lowest BCUT2D eigenvalue weighted by molar-refractivity contribution is 0.375. The highest BCUT2D eigenvalue weighted by atomic mass is 32.2. The van der Waals surface area contributed by atoms with Crippen molar-refractivity contribution < 1.29 is 21.2 Å². The molecule has 1 atom stereocenters. The van der Waals surface area contributed by atoms with Crippen LogP contribution in [0.15, 0.2) is 71.0 Å². The minimum absolute atomic E-state index is 0.0189. The van der Waals surface area contributed by atoms with Gasteiger partial charge in [0, 0.05) is 12.0 Å². The van der Waals surface area contributed by atoms with Crippen molar-refractivity contribution in [3.05, 3.63) is 77.5 Å². The molecule has 0 N–H and O–H groups in total. The smallest absolute Gasteiger partial charge is 0.224 e. The van der Waals surface area contributed by atoms with Crippen LogP contribution in [0.5, 0.6) is 0 Å². The molecule has 0 saturated carbocycles. The number of rotatable bonds is 5. The van der Waals surface area contributed by atoms with Crippen molar-refractivity contribution in [2.24, 2.45) is 0 Å². The average Bonchev–Trinajstić information content (AvgIpc) is 2.93. The van der Waals surface area contributed by atoms with Gasteiger partial charge in [-0.25, -0.2) is 21.2 Å². The Morgan fingerprint density at radius 2 is 1.68 bits per heavy atom. The zero-order valence-electron chi connectivity index (χ0n) is 13.1. The highest BCUT2D eigenvalue weighted by Crippen LogP contribution is 2.25. The van der Waals surface area contributed by atoms with E-state index in [-0.39, 0.29) is 17.2 Å². The van der Waals surface area contributed by atoms with Gasteiger partial charge in [0.2, 0.25) is 10.0 Å². The van der Waals surface area contributed by atoms with E-state index in [1.165, 1.54) is 18.2 Å². The van der Waals surface area contributed by atoms with Crippen LogP contribution in [0.4, 0.5) is 4.39 Å². The molecule has 0 aliphatic carbocycles. The van der Waals surface area contributed by atoms with Gasteiger partial charge in [-0.15, -0.1) is 0 Å². The van der Waals surface area contributed by atoms with Gasteiger partial charge in [0.15, 0.2) is 9.84 Å². The summed E-state index contributed by atoms with van der Waals surface area (Å²) in [4.78, 5) is -0.0810. The molecule has 5 nitrogen and oxygen atoms in total. The Bertz CT molecular complexity index is 985. The number of hydrogen-bond acceptors (Lipinski definition) is 4. The third-order valence-electron chi connectivity index (χ3n) is 3.88. The summed E-state index contributed by atoms with van der Waals surface area (Å²) >= 11 is 0. The van der Waals surface area contributed by atoms with Gasteiger partial charge in [-0.2, -0.15) is 4.31 Å². The maximum absolute atomic E-state index is 13.1. The van der Waals surface area contributed by atoms with Crippen LogP contribution in [0.1, 0.15) is 5.56 Å². The Hall–Kier alpha value is -2.03. The van der Waals surface area contributed by atoms with Gasteiger partial charge in [0.1, 0.15) is 5.82 Å². The van der Waals surface area contributed by atoms with E-state index in [9.17, 15) is 21.2 Å². The van der Waals surface area contributed by atoms with Crippen molar-refractivity contribution in [3.63, 3.8) is 0 Å². The summed E-state index contributed by atoms with van der Waals surface area (Å²) < 4.78 is 63.8. The van der Waals surface area contributed by atoms with E-state index in [2.05, 4.69) is 0 Å². The molecule has 2 aromatic rings. The lowest BCUT2D eigenvalue weighted by Gasteiger charge is -2.26. The molecular weight excluding hydrogens is 365 g/mol. The van der Waals surface area contributed by atoms with E-state index in [4.69, 9.17) is 0 Å². The van der Waals surface area contributed by atoms with Gasteiger partial charge >= 0.3 is 0 Å². The van der Waals surface area contributed by atoms with Gasteiger partial charge in [-0.1, -0.05) is 36.4 Å². The molecule has 1 aliphatic heterocycles. The van der Waals surface area contributed by atoms with Crippen LogP contribution in [0.25, 0.3) is 0 Å². The molecule has 0 radical (unpaired) electrons. The molecule has 8 heteroatoms. The van der Waals surface area contributed by atoms with Gasteiger partial charge in [0.05, 0.1) is 16.7 Å². The molecule has 2 aromatic carbocycles. The fourth-order valence-corrected chi connectivity index (χ4v) is 5.59. The van der Waals surface area contributed by atoms with Crippen LogP contribution in [0, 0.1) is 5.82 Å². The molecule has 0 aromatic heterocycles. The van der Waals surface area contributed by atoms with Crippen LogP contribution in [-0.4, -0.2) is 32.9 Å². The number of halogens is 1. The number of sulfone groups is 1. The van der Waals surface area contributed by atoms with Gasteiger partial charge in [-0.3, -0.25) is 0 Å². The fraction of sp³-hybridized carbons (Fsp3) is 0.176. The van der Waals surface area contributed by atoms with E-state index in [1.807, 2.05) is 6.07 Å². The average molecular weight is 381 g/mol. The Morgan fingerprint density at radius 1 is 1.04 bits per heavy atom. The van der Waals surface area contributed by atoms with Crippen molar-refractivity contribution in [1.82, 2.24) is 4.31 Å². The second-order valence-corrected chi connectivity index (χ2v) is 9.54. The quantitative estimate of drug-likeness (QED) is 0.797. The van der Waals surface area contributed by atoms with Crippen LogP contribution in [0.2, 0.25) is 0 Å². The maximum Gasteiger partial charge on any atom is 0.243 e. The van der Waals surface area contributed by atoms with E-state index < -0.39 is 31.7 Å². The second kappa shape index (κ2) is 6.70.